The highest BCUT2D eigenvalue weighted by molar-refractivity contribution is 7.12. The second-order valence-corrected chi connectivity index (χ2v) is 12.5. The van der Waals surface area contributed by atoms with Crippen molar-refractivity contribution < 1.29 is 19.1 Å². The zero-order valence-electron chi connectivity index (χ0n) is 23.4. The van der Waals surface area contributed by atoms with Crippen molar-refractivity contribution in [2.24, 2.45) is 5.92 Å². The summed E-state index contributed by atoms with van der Waals surface area (Å²) in [5.41, 5.74) is 1.94. The second kappa shape index (κ2) is 12.9. The molecule has 1 aromatic carbocycles. The van der Waals surface area contributed by atoms with E-state index in [1.807, 2.05) is 4.90 Å². The number of ketones is 1. The lowest BCUT2D eigenvalue weighted by molar-refractivity contribution is -0.142. The van der Waals surface area contributed by atoms with Gasteiger partial charge in [0.2, 0.25) is 0 Å². The van der Waals surface area contributed by atoms with E-state index >= 15 is 0 Å². The highest BCUT2D eigenvalue weighted by Gasteiger charge is 2.28. The number of nitrogens with zero attached hydrogens (tertiary/aromatic N) is 5. The van der Waals surface area contributed by atoms with Gasteiger partial charge in [-0.05, 0) is 57.7 Å². The van der Waals surface area contributed by atoms with E-state index in [1.165, 1.54) is 30.0 Å². The van der Waals surface area contributed by atoms with E-state index in [-0.39, 0.29) is 29.6 Å². The summed E-state index contributed by atoms with van der Waals surface area (Å²) in [6, 6.07) is 3.74. The summed E-state index contributed by atoms with van der Waals surface area (Å²) in [6.45, 7) is 6.73. The Morgan fingerprint density at radius 1 is 1.15 bits per heavy atom. The molecular weight excluding hydrogens is 565 g/mol. The Hall–Kier alpha value is -2.95. The highest BCUT2D eigenvalue weighted by atomic mass is 35.5. The summed E-state index contributed by atoms with van der Waals surface area (Å²) in [5.74, 6) is -1.03. The van der Waals surface area contributed by atoms with E-state index in [4.69, 9.17) is 16.6 Å². The molecule has 5 rings (SSSR count). The van der Waals surface area contributed by atoms with Gasteiger partial charge in [-0.1, -0.05) is 24.9 Å². The van der Waals surface area contributed by atoms with Crippen molar-refractivity contribution in [3.05, 3.63) is 56.5 Å². The predicted octanol–water partition coefficient (Wildman–Crippen LogP) is 6.19. The Kier molecular flexibility index (Phi) is 9.31. The number of Topliss-reactive ketones (excluding diaryl/α,β-unsaturated/α-hetero) is 1. The average molecular weight is 600 g/mol. The van der Waals surface area contributed by atoms with Crippen molar-refractivity contribution in [3.8, 4) is 11.3 Å². The fraction of sp³-hybridized carbons (Fsp3) is 0.500. The topological polar surface area (TPSA) is 99.5 Å². The number of benzene rings is 1. The normalized spacial score (nSPS) is 18.2. The van der Waals surface area contributed by atoms with E-state index in [0.29, 0.717) is 71.2 Å². The molecule has 8 nitrogen and oxygen atoms in total. The number of carboxylic acid groups (broad SMARTS) is 1. The minimum Gasteiger partial charge on any atom is -0.481 e. The van der Waals surface area contributed by atoms with Gasteiger partial charge in [-0.15, -0.1) is 11.3 Å². The lowest BCUT2D eigenvalue weighted by atomic mass is 9.97. The van der Waals surface area contributed by atoms with Gasteiger partial charge in [0, 0.05) is 46.7 Å². The van der Waals surface area contributed by atoms with E-state index in [0.717, 1.165) is 30.7 Å². The SMILES string of the molecule is CCCC1CCCN1Cc1sc(CC(=O)c2cnc(N3CCC(C(=O)O)CC3)cn2)nc1-c1cc(F)c(C)c(Cl)c1. The van der Waals surface area contributed by atoms with Crippen LogP contribution in [-0.4, -0.2) is 62.4 Å². The first-order valence-electron chi connectivity index (χ1n) is 14.2. The van der Waals surface area contributed by atoms with Gasteiger partial charge in [0.1, 0.15) is 22.3 Å². The first-order chi connectivity index (χ1) is 19.7. The minimum atomic E-state index is -0.762. The molecule has 0 saturated carbocycles. The van der Waals surface area contributed by atoms with Crippen LogP contribution in [0.25, 0.3) is 11.3 Å². The molecule has 4 heterocycles. The van der Waals surface area contributed by atoms with Crippen molar-refractivity contribution in [2.75, 3.05) is 24.5 Å². The summed E-state index contributed by atoms with van der Waals surface area (Å²) in [5, 5.41) is 10.2. The molecule has 2 aliphatic rings. The minimum absolute atomic E-state index is 0.0656. The van der Waals surface area contributed by atoms with Crippen molar-refractivity contribution in [2.45, 2.75) is 71.4 Å². The number of carboxylic acids is 1. The molecule has 1 unspecified atom stereocenters. The molecule has 0 spiro atoms. The molecule has 0 aliphatic carbocycles. The number of rotatable bonds is 10. The van der Waals surface area contributed by atoms with Gasteiger partial charge in [0.25, 0.3) is 0 Å². The first kappa shape index (κ1) is 29.5. The summed E-state index contributed by atoms with van der Waals surface area (Å²) in [6.07, 6.45) is 8.81. The number of anilines is 1. The predicted molar refractivity (Wildman–Crippen MR) is 158 cm³/mol. The van der Waals surface area contributed by atoms with Crippen molar-refractivity contribution in [1.29, 1.82) is 0 Å². The molecule has 0 bridgehead atoms. The van der Waals surface area contributed by atoms with E-state index in [1.54, 1.807) is 19.2 Å². The maximum atomic E-state index is 14.7. The maximum absolute atomic E-state index is 14.7. The van der Waals surface area contributed by atoms with Crippen molar-refractivity contribution in [3.63, 3.8) is 0 Å². The molecule has 11 heteroatoms. The Labute approximate surface area is 248 Å². The zero-order chi connectivity index (χ0) is 29.1. The monoisotopic (exact) mass is 599 g/mol. The van der Waals surface area contributed by atoms with Gasteiger partial charge >= 0.3 is 5.97 Å². The fourth-order valence-corrected chi connectivity index (χ4v) is 7.07. The number of likely N-dealkylation sites (tertiary alicyclic amines) is 1. The van der Waals surface area contributed by atoms with E-state index in [2.05, 4.69) is 21.8 Å². The van der Waals surface area contributed by atoms with Crippen LogP contribution in [-0.2, 0) is 17.8 Å². The Morgan fingerprint density at radius 2 is 1.93 bits per heavy atom. The molecule has 2 aliphatic heterocycles. The van der Waals surface area contributed by atoms with Crippen LogP contribution in [0.3, 0.4) is 0 Å². The third-order valence-corrected chi connectivity index (χ3v) is 9.60. The number of halogens is 2. The highest BCUT2D eigenvalue weighted by Crippen LogP contribution is 2.35. The molecule has 2 aromatic heterocycles. The van der Waals surface area contributed by atoms with Gasteiger partial charge in [-0.25, -0.2) is 19.3 Å². The van der Waals surface area contributed by atoms with Crippen LogP contribution in [0, 0.1) is 18.7 Å². The largest absolute Gasteiger partial charge is 0.481 e. The Bertz CT molecular complexity index is 1380. The molecule has 0 amide bonds. The standard InChI is InChI=1S/C30H35ClFN5O3S/c1-3-5-21-6-4-9-37(21)17-26-29(20-12-22(31)18(2)23(32)13-20)35-28(41-26)14-25(38)24-15-34-27(16-33-24)36-10-7-19(8-11-36)30(39)40/h12-13,15-16,19,21H,3-11,14,17H2,1-2H3,(H,39,40). The lowest BCUT2D eigenvalue weighted by Gasteiger charge is -2.30. The maximum Gasteiger partial charge on any atom is 0.306 e. The number of hydrogen-bond donors (Lipinski definition) is 1. The van der Waals surface area contributed by atoms with Crippen LogP contribution >= 0.6 is 22.9 Å². The fourth-order valence-electron chi connectivity index (χ4n) is 5.75. The third-order valence-electron chi connectivity index (χ3n) is 8.17. The number of carbonyl (C=O) groups excluding carboxylic acids is 1. The number of hydrogen-bond acceptors (Lipinski definition) is 8. The number of aromatic nitrogens is 3. The van der Waals surface area contributed by atoms with E-state index in [9.17, 15) is 19.1 Å². The number of carbonyl (C=O) groups is 2. The smallest absolute Gasteiger partial charge is 0.306 e. The van der Waals surface area contributed by atoms with Crippen LogP contribution in [0.5, 0.6) is 0 Å². The number of piperidine rings is 1. The van der Waals surface area contributed by atoms with Crippen LogP contribution in [0.2, 0.25) is 5.02 Å². The van der Waals surface area contributed by atoms with Crippen LogP contribution in [0.1, 0.15) is 71.4 Å². The molecule has 0 radical (unpaired) electrons. The van der Waals surface area contributed by atoms with Crippen molar-refractivity contribution in [1.82, 2.24) is 19.9 Å². The van der Waals surface area contributed by atoms with Gasteiger partial charge in [0.05, 0.1) is 30.4 Å². The Balaban J connectivity index is 1.34. The molecule has 1 atom stereocenters. The lowest BCUT2D eigenvalue weighted by Crippen LogP contribution is -2.36. The van der Waals surface area contributed by atoms with Gasteiger partial charge < -0.3 is 10.0 Å². The van der Waals surface area contributed by atoms with Crippen molar-refractivity contribution >= 4 is 40.5 Å². The molecule has 41 heavy (non-hydrogen) atoms. The molecular formula is C30H35ClFN5O3S. The average Bonchev–Trinajstić information content (AvgIpc) is 3.58. The molecule has 2 fully saturated rings. The van der Waals surface area contributed by atoms with Gasteiger partial charge in [-0.3, -0.25) is 14.5 Å². The molecule has 1 N–H and O–H groups in total. The van der Waals surface area contributed by atoms with Crippen LogP contribution < -0.4 is 4.90 Å². The number of thiazole rings is 1. The summed E-state index contributed by atoms with van der Waals surface area (Å²) in [7, 11) is 0. The quantitative estimate of drug-likeness (QED) is 0.275. The zero-order valence-corrected chi connectivity index (χ0v) is 25.0. The summed E-state index contributed by atoms with van der Waals surface area (Å²) < 4.78 is 14.7. The van der Waals surface area contributed by atoms with Crippen LogP contribution in [0.4, 0.5) is 10.2 Å². The molecule has 2 saturated heterocycles. The Morgan fingerprint density at radius 3 is 2.59 bits per heavy atom. The van der Waals surface area contributed by atoms with Crippen LogP contribution in [0.15, 0.2) is 24.5 Å². The molecule has 218 valence electrons. The summed E-state index contributed by atoms with van der Waals surface area (Å²) >= 11 is 7.83. The third kappa shape index (κ3) is 6.76. The van der Waals surface area contributed by atoms with Gasteiger partial charge in [-0.2, -0.15) is 0 Å². The van der Waals surface area contributed by atoms with Gasteiger partial charge in [0.15, 0.2) is 5.78 Å². The van der Waals surface area contributed by atoms with E-state index < -0.39 is 5.97 Å². The molecule has 3 aromatic rings. The summed E-state index contributed by atoms with van der Waals surface area (Å²) in [4.78, 5) is 43.5. The second-order valence-electron chi connectivity index (χ2n) is 11.0. The number of aliphatic carboxylic acids is 1. The first-order valence-corrected chi connectivity index (χ1v) is 15.4.